The molecule has 0 unspecified atom stereocenters. The van der Waals surface area contributed by atoms with Gasteiger partial charge in [0.1, 0.15) is 5.56 Å². The van der Waals surface area contributed by atoms with Crippen LogP contribution in [0.5, 0.6) is 0 Å². The molecule has 1 aliphatic heterocycles. The maximum absolute atomic E-state index is 13.5. The van der Waals surface area contributed by atoms with Gasteiger partial charge in [0.15, 0.2) is 0 Å². The summed E-state index contributed by atoms with van der Waals surface area (Å²) in [6.45, 7) is 2.34. The Bertz CT molecular complexity index is 773. The Hall–Kier alpha value is -1.76. The summed E-state index contributed by atoms with van der Waals surface area (Å²) in [5.41, 5.74) is 1.63. The quantitative estimate of drug-likeness (QED) is 0.718. The second-order valence-corrected chi connectivity index (χ2v) is 6.57. The Morgan fingerprint density at radius 1 is 1.38 bits per heavy atom. The highest BCUT2D eigenvalue weighted by Crippen LogP contribution is 2.37. The van der Waals surface area contributed by atoms with Crippen molar-refractivity contribution in [3.8, 4) is 0 Å². The van der Waals surface area contributed by atoms with Crippen LogP contribution in [0.25, 0.3) is 10.9 Å². The number of anilines is 1. The van der Waals surface area contributed by atoms with E-state index in [1.807, 2.05) is 23.1 Å². The lowest BCUT2D eigenvalue weighted by molar-refractivity contribution is -0.0220. The molecule has 0 bridgehead atoms. The number of benzene rings is 1. The first-order valence-electron chi connectivity index (χ1n) is 7.80. The Labute approximate surface area is 146 Å². The number of carbonyl (C=O) groups is 1. The van der Waals surface area contributed by atoms with Crippen LogP contribution >= 0.6 is 15.9 Å². The molecule has 0 aliphatic carbocycles. The van der Waals surface area contributed by atoms with Crippen LogP contribution in [0.15, 0.2) is 28.9 Å². The van der Waals surface area contributed by atoms with E-state index in [1.54, 1.807) is 6.92 Å². The molecule has 0 atom stereocenters. The molecular weight excluding hydrogens is 382 g/mol. The number of alkyl halides is 2. The van der Waals surface area contributed by atoms with Crippen LogP contribution < -0.4 is 4.90 Å². The van der Waals surface area contributed by atoms with Crippen LogP contribution in [0, 0.1) is 0 Å². The molecule has 1 aromatic carbocycles. The maximum Gasteiger partial charge on any atom is 0.341 e. The second kappa shape index (κ2) is 6.63. The van der Waals surface area contributed by atoms with Crippen LogP contribution in [-0.2, 0) is 4.74 Å². The van der Waals surface area contributed by atoms with Crippen molar-refractivity contribution in [2.45, 2.75) is 25.7 Å². The molecule has 0 spiro atoms. The van der Waals surface area contributed by atoms with Gasteiger partial charge < -0.3 is 9.64 Å². The number of para-hydroxylation sites is 1. The molecule has 0 radical (unpaired) electrons. The summed E-state index contributed by atoms with van der Waals surface area (Å²) in [5.74, 6) is -3.14. The lowest BCUT2D eigenvalue weighted by atomic mass is 10.0. The maximum atomic E-state index is 13.5. The molecule has 24 heavy (non-hydrogen) atoms. The normalized spacial score (nSPS) is 17.1. The van der Waals surface area contributed by atoms with Gasteiger partial charge in [-0.2, -0.15) is 0 Å². The average Bonchev–Trinajstić information content (AvgIpc) is 2.55. The molecular formula is C17H17BrF2N2O2. The predicted octanol–water partition coefficient (Wildman–Crippen LogP) is 4.41. The zero-order valence-corrected chi connectivity index (χ0v) is 14.8. The highest BCUT2D eigenvalue weighted by Gasteiger charge is 2.35. The molecule has 2 heterocycles. The van der Waals surface area contributed by atoms with Crippen LogP contribution in [0.2, 0.25) is 0 Å². The van der Waals surface area contributed by atoms with Crippen molar-refractivity contribution in [1.29, 1.82) is 0 Å². The van der Waals surface area contributed by atoms with E-state index in [2.05, 4.69) is 20.9 Å². The van der Waals surface area contributed by atoms with Gasteiger partial charge in [0, 0.05) is 42.0 Å². The Morgan fingerprint density at radius 3 is 2.75 bits per heavy atom. The van der Waals surface area contributed by atoms with Gasteiger partial charge in [0.2, 0.25) is 0 Å². The van der Waals surface area contributed by atoms with Crippen molar-refractivity contribution in [1.82, 2.24) is 4.98 Å². The molecule has 1 aromatic heterocycles. The molecule has 0 amide bonds. The molecule has 128 valence electrons. The van der Waals surface area contributed by atoms with Crippen molar-refractivity contribution in [2.75, 3.05) is 24.6 Å². The van der Waals surface area contributed by atoms with Gasteiger partial charge in [0.25, 0.3) is 5.92 Å². The molecule has 0 saturated carbocycles. The zero-order chi connectivity index (χ0) is 17.3. The molecule has 7 heteroatoms. The number of aromatic nitrogens is 1. The van der Waals surface area contributed by atoms with Crippen LogP contribution in [-0.4, -0.2) is 36.6 Å². The molecule has 0 N–H and O–H groups in total. The predicted molar refractivity (Wildman–Crippen MR) is 91.8 cm³/mol. The number of pyridine rings is 1. The van der Waals surface area contributed by atoms with Gasteiger partial charge >= 0.3 is 5.97 Å². The topological polar surface area (TPSA) is 42.4 Å². The Morgan fingerprint density at radius 2 is 2.08 bits per heavy atom. The van der Waals surface area contributed by atoms with E-state index >= 15 is 0 Å². The second-order valence-electron chi connectivity index (χ2n) is 5.72. The Kier molecular flexibility index (Phi) is 4.71. The SMILES string of the molecule is CCOC(=O)c1cnc2c(Br)cccc2c1N1CCC(F)(F)CC1. The van der Waals surface area contributed by atoms with Crippen molar-refractivity contribution >= 4 is 38.5 Å². The molecule has 2 aromatic rings. The molecule has 1 fully saturated rings. The number of nitrogens with zero attached hydrogens (tertiary/aromatic N) is 2. The van der Waals surface area contributed by atoms with Crippen molar-refractivity contribution in [3.05, 3.63) is 34.4 Å². The number of hydrogen-bond acceptors (Lipinski definition) is 4. The van der Waals surface area contributed by atoms with Crippen LogP contribution in [0.4, 0.5) is 14.5 Å². The third-order valence-corrected chi connectivity index (χ3v) is 4.77. The highest BCUT2D eigenvalue weighted by atomic mass is 79.9. The van der Waals surface area contributed by atoms with E-state index < -0.39 is 11.9 Å². The standard InChI is InChI=1S/C17H17BrF2N2O2/c1-2-24-16(23)12-10-21-14-11(4-3-5-13(14)18)15(12)22-8-6-17(19,20)7-9-22/h3-5,10H,2,6-9H2,1H3. The van der Waals surface area contributed by atoms with Crippen molar-refractivity contribution < 1.29 is 18.3 Å². The molecule has 1 saturated heterocycles. The van der Waals surface area contributed by atoms with Gasteiger partial charge in [0.05, 0.1) is 17.8 Å². The summed E-state index contributed by atoms with van der Waals surface area (Å²) in [7, 11) is 0. The lowest BCUT2D eigenvalue weighted by Gasteiger charge is -2.34. The van der Waals surface area contributed by atoms with Crippen LogP contribution in [0.1, 0.15) is 30.1 Å². The van der Waals surface area contributed by atoms with E-state index in [0.717, 1.165) is 9.86 Å². The summed E-state index contributed by atoms with van der Waals surface area (Å²) in [4.78, 5) is 18.5. The average molecular weight is 399 g/mol. The summed E-state index contributed by atoms with van der Waals surface area (Å²) in [6, 6.07) is 5.54. The minimum Gasteiger partial charge on any atom is -0.462 e. The monoisotopic (exact) mass is 398 g/mol. The number of esters is 1. The van der Waals surface area contributed by atoms with E-state index in [-0.39, 0.29) is 32.5 Å². The van der Waals surface area contributed by atoms with Gasteiger partial charge in [-0.3, -0.25) is 4.98 Å². The van der Waals surface area contributed by atoms with E-state index in [1.165, 1.54) is 6.20 Å². The van der Waals surface area contributed by atoms with E-state index in [4.69, 9.17) is 4.74 Å². The van der Waals surface area contributed by atoms with Gasteiger partial charge in [-0.1, -0.05) is 12.1 Å². The number of fused-ring (bicyclic) bond motifs is 1. The Balaban J connectivity index is 2.13. The smallest absolute Gasteiger partial charge is 0.341 e. The largest absolute Gasteiger partial charge is 0.462 e. The highest BCUT2D eigenvalue weighted by molar-refractivity contribution is 9.10. The first-order chi connectivity index (χ1) is 11.4. The van der Waals surface area contributed by atoms with Crippen molar-refractivity contribution in [3.63, 3.8) is 0 Å². The fourth-order valence-corrected chi connectivity index (χ4v) is 3.40. The molecule has 1 aliphatic rings. The summed E-state index contributed by atoms with van der Waals surface area (Å²) >= 11 is 3.45. The minimum absolute atomic E-state index is 0.186. The summed E-state index contributed by atoms with van der Waals surface area (Å²) in [5, 5.41) is 0.750. The lowest BCUT2D eigenvalue weighted by Crippen LogP contribution is -2.40. The van der Waals surface area contributed by atoms with Gasteiger partial charge in [-0.05, 0) is 28.9 Å². The van der Waals surface area contributed by atoms with Gasteiger partial charge in [-0.25, -0.2) is 13.6 Å². The van der Waals surface area contributed by atoms with Crippen molar-refractivity contribution in [2.24, 2.45) is 0 Å². The number of halogens is 3. The first kappa shape index (κ1) is 17.1. The van der Waals surface area contributed by atoms with Gasteiger partial charge in [-0.15, -0.1) is 0 Å². The first-order valence-corrected chi connectivity index (χ1v) is 8.59. The number of carbonyl (C=O) groups excluding carboxylic acids is 1. The number of hydrogen-bond donors (Lipinski definition) is 0. The summed E-state index contributed by atoms with van der Waals surface area (Å²) in [6.07, 6.45) is 1.01. The number of piperidine rings is 1. The molecule has 3 rings (SSSR count). The zero-order valence-electron chi connectivity index (χ0n) is 13.2. The minimum atomic E-state index is -2.65. The van der Waals surface area contributed by atoms with E-state index in [0.29, 0.717) is 16.8 Å². The third-order valence-electron chi connectivity index (χ3n) is 4.13. The number of rotatable bonds is 3. The van der Waals surface area contributed by atoms with Crippen LogP contribution in [0.3, 0.4) is 0 Å². The fourth-order valence-electron chi connectivity index (χ4n) is 2.93. The van der Waals surface area contributed by atoms with E-state index in [9.17, 15) is 13.6 Å². The summed E-state index contributed by atoms with van der Waals surface area (Å²) < 4.78 is 32.9. The molecule has 4 nitrogen and oxygen atoms in total. The number of ether oxygens (including phenoxy) is 1. The third kappa shape index (κ3) is 3.22. The fraction of sp³-hybridized carbons (Fsp3) is 0.412.